The second kappa shape index (κ2) is 9.55. The second-order valence-electron chi connectivity index (χ2n) is 7.04. The van der Waals surface area contributed by atoms with Gasteiger partial charge in [0.15, 0.2) is 0 Å². The minimum atomic E-state index is -4.77. The van der Waals surface area contributed by atoms with E-state index >= 15 is 0 Å². The van der Waals surface area contributed by atoms with Crippen LogP contribution in [0.4, 0.5) is 24.9 Å². The number of hydrogen-bond donors (Lipinski definition) is 2. The minimum absolute atomic E-state index is 0.0707. The summed E-state index contributed by atoms with van der Waals surface area (Å²) in [5, 5.41) is 6.36. The standard InChI is InChI=1S/C22H23F3N4O2/c1-14(2)27-21-28-19(16-7-5-9-18(11-16)31-22(23,24)25)12-20(29-21)26-13-15-6-4-8-17(10-15)30-3/h4-12,14H,13H2,1-3H3,(H2,26,27,28,29). The molecule has 0 bridgehead atoms. The maximum atomic E-state index is 12.6. The highest BCUT2D eigenvalue weighted by Crippen LogP contribution is 2.29. The summed E-state index contributed by atoms with van der Waals surface area (Å²) in [5.74, 6) is 1.32. The fourth-order valence-electron chi connectivity index (χ4n) is 2.84. The number of nitrogens with zero attached hydrogens (tertiary/aromatic N) is 2. The molecular weight excluding hydrogens is 409 g/mol. The van der Waals surface area contributed by atoms with Crippen molar-refractivity contribution in [2.45, 2.75) is 32.8 Å². The Kier molecular flexibility index (Phi) is 6.84. The Morgan fingerprint density at radius 1 is 0.968 bits per heavy atom. The van der Waals surface area contributed by atoms with Gasteiger partial charge in [-0.2, -0.15) is 4.98 Å². The van der Waals surface area contributed by atoms with Crippen molar-refractivity contribution in [3.63, 3.8) is 0 Å². The number of nitrogens with one attached hydrogen (secondary N) is 2. The van der Waals surface area contributed by atoms with Crippen LogP contribution in [0.1, 0.15) is 19.4 Å². The fourth-order valence-corrected chi connectivity index (χ4v) is 2.84. The van der Waals surface area contributed by atoms with Crippen molar-refractivity contribution in [3.8, 4) is 22.8 Å². The summed E-state index contributed by atoms with van der Waals surface area (Å²) in [6, 6.07) is 15.0. The summed E-state index contributed by atoms with van der Waals surface area (Å²) < 4.78 is 47.0. The van der Waals surface area contributed by atoms with Gasteiger partial charge in [0.25, 0.3) is 0 Å². The third-order valence-corrected chi connectivity index (χ3v) is 4.12. The molecule has 3 rings (SSSR count). The molecule has 1 heterocycles. The molecule has 3 aromatic rings. The average Bonchev–Trinajstić information content (AvgIpc) is 2.71. The number of alkyl halides is 3. The summed E-state index contributed by atoms with van der Waals surface area (Å²) in [4.78, 5) is 8.91. The molecule has 2 N–H and O–H groups in total. The van der Waals surface area contributed by atoms with Gasteiger partial charge in [-0.05, 0) is 43.7 Å². The Bertz CT molecular complexity index is 1030. The van der Waals surface area contributed by atoms with Crippen molar-refractivity contribution in [3.05, 3.63) is 60.2 Å². The Labute approximate surface area is 178 Å². The molecule has 0 saturated heterocycles. The topological polar surface area (TPSA) is 68.3 Å². The Morgan fingerprint density at radius 2 is 1.71 bits per heavy atom. The highest BCUT2D eigenvalue weighted by atomic mass is 19.4. The van der Waals surface area contributed by atoms with Crippen LogP contribution in [0.2, 0.25) is 0 Å². The quantitative estimate of drug-likeness (QED) is 0.491. The molecule has 0 aliphatic carbocycles. The Balaban J connectivity index is 1.89. The van der Waals surface area contributed by atoms with Crippen molar-refractivity contribution in [1.29, 1.82) is 0 Å². The fraction of sp³-hybridized carbons (Fsp3) is 0.273. The SMILES string of the molecule is COc1cccc(CNc2cc(-c3cccc(OC(F)(F)F)c3)nc(NC(C)C)n2)c1. The molecule has 31 heavy (non-hydrogen) atoms. The van der Waals surface area contributed by atoms with Gasteiger partial charge in [0.2, 0.25) is 5.95 Å². The van der Waals surface area contributed by atoms with Crippen molar-refractivity contribution < 1.29 is 22.6 Å². The third-order valence-electron chi connectivity index (χ3n) is 4.12. The molecule has 0 fully saturated rings. The lowest BCUT2D eigenvalue weighted by Crippen LogP contribution is -2.17. The lowest BCUT2D eigenvalue weighted by molar-refractivity contribution is -0.274. The molecule has 164 valence electrons. The molecule has 0 atom stereocenters. The van der Waals surface area contributed by atoms with E-state index in [1.807, 2.05) is 38.1 Å². The third kappa shape index (κ3) is 6.77. The zero-order chi connectivity index (χ0) is 22.4. The minimum Gasteiger partial charge on any atom is -0.497 e. The number of methoxy groups -OCH3 is 1. The summed E-state index contributed by atoms with van der Waals surface area (Å²) in [5.41, 5.74) is 1.91. The van der Waals surface area contributed by atoms with Crippen LogP contribution in [-0.4, -0.2) is 29.5 Å². The highest BCUT2D eigenvalue weighted by Gasteiger charge is 2.31. The Morgan fingerprint density at radius 3 is 2.42 bits per heavy atom. The number of benzene rings is 2. The summed E-state index contributed by atoms with van der Waals surface area (Å²) in [6.45, 7) is 4.36. The van der Waals surface area contributed by atoms with Gasteiger partial charge in [0, 0.05) is 24.2 Å². The van der Waals surface area contributed by atoms with Crippen molar-refractivity contribution in [2.75, 3.05) is 17.7 Å². The van der Waals surface area contributed by atoms with Crippen LogP contribution in [0.3, 0.4) is 0 Å². The van der Waals surface area contributed by atoms with E-state index in [9.17, 15) is 13.2 Å². The van der Waals surface area contributed by atoms with Crippen molar-refractivity contribution in [2.24, 2.45) is 0 Å². The van der Waals surface area contributed by atoms with Crippen LogP contribution in [0, 0.1) is 0 Å². The number of hydrogen-bond acceptors (Lipinski definition) is 6. The number of halogens is 3. The first-order valence-corrected chi connectivity index (χ1v) is 9.60. The van der Waals surface area contributed by atoms with Gasteiger partial charge in [-0.1, -0.05) is 24.3 Å². The molecule has 6 nitrogen and oxygen atoms in total. The maximum absolute atomic E-state index is 12.6. The molecule has 0 aliphatic rings. The molecule has 0 unspecified atom stereocenters. The summed E-state index contributed by atoms with van der Waals surface area (Å²) >= 11 is 0. The van der Waals surface area contributed by atoms with Gasteiger partial charge >= 0.3 is 6.36 Å². The Hall–Kier alpha value is -3.49. The lowest BCUT2D eigenvalue weighted by atomic mass is 10.1. The predicted molar refractivity (Wildman–Crippen MR) is 113 cm³/mol. The van der Waals surface area contributed by atoms with E-state index in [4.69, 9.17) is 4.74 Å². The number of aromatic nitrogens is 2. The smallest absolute Gasteiger partial charge is 0.497 e. The molecular formula is C22H23F3N4O2. The molecule has 2 aromatic carbocycles. The summed E-state index contributed by atoms with van der Waals surface area (Å²) in [6.07, 6.45) is -4.77. The van der Waals surface area contributed by atoms with Crippen LogP contribution >= 0.6 is 0 Å². The largest absolute Gasteiger partial charge is 0.573 e. The van der Waals surface area contributed by atoms with Gasteiger partial charge in [-0.15, -0.1) is 13.2 Å². The monoisotopic (exact) mass is 432 g/mol. The zero-order valence-electron chi connectivity index (χ0n) is 17.3. The van der Waals surface area contributed by atoms with Crippen molar-refractivity contribution in [1.82, 2.24) is 9.97 Å². The van der Waals surface area contributed by atoms with E-state index in [0.29, 0.717) is 29.6 Å². The van der Waals surface area contributed by atoms with E-state index < -0.39 is 6.36 Å². The lowest BCUT2D eigenvalue weighted by Gasteiger charge is -2.14. The molecule has 0 aliphatic heterocycles. The van der Waals surface area contributed by atoms with Crippen molar-refractivity contribution >= 4 is 11.8 Å². The highest BCUT2D eigenvalue weighted by molar-refractivity contribution is 5.66. The zero-order valence-corrected chi connectivity index (χ0v) is 17.3. The molecule has 0 spiro atoms. The van der Waals surface area contributed by atoms with Crippen LogP contribution in [0.5, 0.6) is 11.5 Å². The molecule has 1 aromatic heterocycles. The van der Waals surface area contributed by atoms with E-state index in [-0.39, 0.29) is 11.8 Å². The van der Waals surface area contributed by atoms with Gasteiger partial charge in [0.1, 0.15) is 17.3 Å². The first kappa shape index (κ1) is 22.2. The van der Waals surface area contributed by atoms with Crippen LogP contribution in [0.15, 0.2) is 54.6 Å². The normalized spacial score (nSPS) is 11.3. The van der Waals surface area contributed by atoms with E-state index in [2.05, 4.69) is 25.3 Å². The van der Waals surface area contributed by atoms with Crippen LogP contribution < -0.4 is 20.1 Å². The molecule has 0 amide bonds. The van der Waals surface area contributed by atoms with Gasteiger partial charge in [-0.3, -0.25) is 0 Å². The van der Waals surface area contributed by atoms with Gasteiger partial charge in [0.05, 0.1) is 12.8 Å². The second-order valence-corrected chi connectivity index (χ2v) is 7.04. The van der Waals surface area contributed by atoms with Gasteiger partial charge in [-0.25, -0.2) is 4.98 Å². The van der Waals surface area contributed by atoms with E-state index in [1.54, 1.807) is 19.2 Å². The molecule has 0 radical (unpaired) electrons. The van der Waals surface area contributed by atoms with Gasteiger partial charge < -0.3 is 20.1 Å². The van der Waals surface area contributed by atoms with E-state index in [0.717, 1.165) is 11.3 Å². The number of anilines is 2. The molecule has 9 heteroatoms. The first-order chi connectivity index (χ1) is 14.7. The van der Waals surface area contributed by atoms with Crippen LogP contribution in [0.25, 0.3) is 11.3 Å². The number of rotatable bonds is 8. The van der Waals surface area contributed by atoms with Crippen LogP contribution in [-0.2, 0) is 6.54 Å². The predicted octanol–water partition coefficient (Wildman–Crippen LogP) is 5.48. The molecule has 0 saturated carbocycles. The van der Waals surface area contributed by atoms with E-state index in [1.165, 1.54) is 18.2 Å². The summed E-state index contributed by atoms with van der Waals surface area (Å²) in [7, 11) is 1.60. The number of ether oxygens (including phenoxy) is 2. The maximum Gasteiger partial charge on any atom is 0.573 e. The average molecular weight is 432 g/mol. The first-order valence-electron chi connectivity index (χ1n) is 9.60.